The SMILES string of the molecule is CC[C@@H](C(=O)NCC(C)C)N(Cc1ccccc1)C(=O)CN(c1ccccc1)S(=O)(=O)c1ccc(F)cc1. The van der Waals surface area contributed by atoms with Gasteiger partial charge >= 0.3 is 0 Å². The zero-order valence-electron chi connectivity index (χ0n) is 21.9. The van der Waals surface area contributed by atoms with Crippen LogP contribution in [-0.4, -0.2) is 44.3 Å². The smallest absolute Gasteiger partial charge is 0.264 e. The highest BCUT2D eigenvalue weighted by Gasteiger charge is 2.33. The number of sulfonamides is 1. The van der Waals surface area contributed by atoms with Crippen molar-refractivity contribution in [2.75, 3.05) is 17.4 Å². The first-order valence-electron chi connectivity index (χ1n) is 12.6. The first-order chi connectivity index (χ1) is 18.1. The summed E-state index contributed by atoms with van der Waals surface area (Å²) >= 11 is 0. The Kier molecular flexibility index (Phi) is 10.0. The summed E-state index contributed by atoms with van der Waals surface area (Å²) in [6, 6.07) is 21.1. The maximum atomic E-state index is 13.9. The van der Waals surface area contributed by atoms with E-state index in [1.165, 1.54) is 17.0 Å². The Bertz CT molecular complexity index is 1300. The molecule has 3 aromatic carbocycles. The van der Waals surface area contributed by atoms with Gasteiger partial charge in [0.25, 0.3) is 10.0 Å². The van der Waals surface area contributed by atoms with E-state index in [0.29, 0.717) is 13.0 Å². The van der Waals surface area contributed by atoms with Gasteiger partial charge in [-0.05, 0) is 54.3 Å². The Balaban J connectivity index is 2.00. The molecule has 0 aliphatic heterocycles. The molecule has 0 saturated heterocycles. The third-order valence-electron chi connectivity index (χ3n) is 5.99. The molecule has 0 fully saturated rings. The van der Waals surface area contributed by atoms with Gasteiger partial charge in [0.2, 0.25) is 11.8 Å². The van der Waals surface area contributed by atoms with Crippen molar-refractivity contribution in [1.29, 1.82) is 0 Å². The van der Waals surface area contributed by atoms with Gasteiger partial charge in [-0.25, -0.2) is 12.8 Å². The lowest BCUT2D eigenvalue weighted by Gasteiger charge is -2.33. The molecule has 0 radical (unpaired) electrons. The van der Waals surface area contributed by atoms with Gasteiger partial charge < -0.3 is 10.2 Å². The molecular formula is C29H34FN3O4S. The largest absolute Gasteiger partial charge is 0.354 e. The van der Waals surface area contributed by atoms with E-state index in [2.05, 4.69) is 5.32 Å². The lowest BCUT2D eigenvalue weighted by Crippen LogP contribution is -2.52. The second-order valence-corrected chi connectivity index (χ2v) is 11.2. The summed E-state index contributed by atoms with van der Waals surface area (Å²) in [4.78, 5) is 28.3. The molecule has 0 heterocycles. The highest BCUT2D eigenvalue weighted by molar-refractivity contribution is 7.92. The van der Waals surface area contributed by atoms with Crippen molar-refractivity contribution >= 4 is 27.5 Å². The van der Waals surface area contributed by atoms with Crippen molar-refractivity contribution in [1.82, 2.24) is 10.2 Å². The fourth-order valence-corrected chi connectivity index (χ4v) is 5.39. The van der Waals surface area contributed by atoms with Gasteiger partial charge in [-0.1, -0.05) is 69.3 Å². The number of halogens is 1. The number of hydrogen-bond donors (Lipinski definition) is 1. The molecule has 0 saturated carbocycles. The number of amides is 2. The van der Waals surface area contributed by atoms with Crippen molar-refractivity contribution in [2.45, 2.75) is 44.7 Å². The molecule has 0 unspecified atom stereocenters. The minimum absolute atomic E-state index is 0.131. The van der Waals surface area contributed by atoms with Crippen LogP contribution in [0.5, 0.6) is 0 Å². The van der Waals surface area contributed by atoms with Crippen LogP contribution in [0.25, 0.3) is 0 Å². The zero-order chi connectivity index (χ0) is 27.7. The van der Waals surface area contributed by atoms with E-state index in [1.807, 2.05) is 51.1 Å². The van der Waals surface area contributed by atoms with Gasteiger partial charge in [-0.3, -0.25) is 13.9 Å². The second-order valence-electron chi connectivity index (χ2n) is 9.37. The molecular weight excluding hydrogens is 505 g/mol. The normalized spacial score (nSPS) is 12.1. The van der Waals surface area contributed by atoms with E-state index in [0.717, 1.165) is 22.0 Å². The second kappa shape index (κ2) is 13.2. The number of carbonyl (C=O) groups is 2. The van der Waals surface area contributed by atoms with Gasteiger partial charge in [0, 0.05) is 13.1 Å². The van der Waals surface area contributed by atoms with Crippen LogP contribution in [-0.2, 0) is 26.2 Å². The van der Waals surface area contributed by atoms with Crippen molar-refractivity contribution in [3.05, 3.63) is 96.3 Å². The van der Waals surface area contributed by atoms with E-state index in [1.54, 1.807) is 30.3 Å². The summed E-state index contributed by atoms with van der Waals surface area (Å²) in [5, 5.41) is 2.90. The average Bonchev–Trinajstić information content (AvgIpc) is 2.91. The lowest BCUT2D eigenvalue weighted by atomic mass is 10.1. The number of nitrogens with one attached hydrogen (secondary N) is 1. The number of benzene rings is 3. The van der Waals surface area contributed by atoms with Crippen LogP contribution in [0.4, 0.5) is 10.1 Å². The molecule has 202 valence electrons. The fraction of sp³-hybridized carbons (Fsp3) is 0.310. The first-order valence-corrected chi connectivity index (χ1v) is 14.0. The van der Waals surface area contributed by atoms with Gasteiger partial charge in [-0.2, -0.15) is 0 Å². The lowest BCUT2D eigenvalue weighted by molar-refractivity contribution is -0.140. The Hall–Kier alpha value is -3.72. The van der Waals surface area contributed by atoms with Crippen molar-refractivity contribution in [3.63, 3.8) is 0 Å². The van der Waals surface area contributed by atoms with Crippen LogP contribution in [0.2, 0.25) is 0 Å². The van der Waals surface area contributed by atoms with Crippen LogP contribution in [0.15, 0.2) is 89.8 Å². The van der Waals surface area contributed by atoms with Crippen molar-refractivity contribution < 1.29 is 22.4 Å². The Labute approximate surface area is 224 Å². The number of carbonyl (C=O) groups excluding carboxylic acids is 2. The van der Waals surface area contributed by atoms with Gasteiger partial charge in [0.05, 0.1) is 10.6 Å². The van der Waals surface area contributed by atoms with E-state index in [4.69, 9.17) is 0 Å². The quantitative estimate of drug-likeness (QED) is 0.365. The molecule has 0 aromatic heterocycles. The van der Waals surface area contributed by atoms with Crippen LogP contribution in [0.1, 0.15) is 32.8 Å². The molecule has 7 nitrogen and oxygen atoms in total. The number of hydrogen-bond acceptors (Lipinski definition) is 4. The molecule has 1 atom stereocenters. The summed E-state index contributed by atoms with van der Waals surface area (Å²) in [6.45, 7) is 5.82. The third kappa shape index (κ3) is 7.41. The van der Waals surface area contributed by atoms with E-state index >= 15 is 0 Å². The van der Waals surface area contributed by atoms with Crippen LogP contribution in [0.3, 0.4) is 0 Å². The predicted molar refractivity (Wildman–Crippen MR) is 146 cm³/mol. The van der Waals surface area contributed by atoms with Crippen LogP contribution in [0, 0.1) is 11.7 Å². The molecule has 1 N–H and O–H groups in total. The molecule has 2 amide bonds. The maximum Gasteiger partial charge on any atom is 0.264 e. The van der Waals surface area contributed by atoms with E-state index in [-0.39, 0.29) is 29.0 Å². The van der Waals surface area contributed by atoms with Crippen molar-refractivity contribution in [3.8, 4) is 0 Å². The number of para-hydroxylation sites is 1. The van der Waals surface area contributed by atoms with Gasteiger partial charge in [0.15, 0.2) is 0 Å². The van der Waals surface area contributed by atoms with Crippen LogP contribution >= 0.6 is 0 Å². The standard InChI is InChI=1S/C29H34FN3O4S/c1-4-27(29(35)31-19-22(2)3)32(20-23-11-7-5-8-12-23)28(34)21-33(25-13-9-6-10-14-25)38(36,37)26-17-15-24(30)16-18-26/h5-18,22,27H,4,19-21H2,1-3H3,(H,31,35)/t27-/m0/s1. The minimum atomic E-state index is -4.23. The van der Waals surface area contributed by atoms with Crippen molar-refractivity contribution in [2.24, 2.45) is 5.92 Å². The molecule has 9 heteroatoms. The predicted octanol–water partition coefficient (Wildman–Crippen LogP) is 4.60. The topological polar surface area (TPSA) is 86.8 Å². The summed E-state index contributed by atoms with van der Waals surface area (Å²) in [7, 11) is -4.23. The van der Waals surface area contributed by atoms with E-state index < -0.39 is 34.3 Å². The summed E-state index contributed by atoms with van der Waals surface area (Å²) < 4.78 is 41.9. The first kappa shape index (κ1) is 28.8. The summed E-state index contributed by atoms with van der Waals surface area (Å²) in [5.74, 6) is -1.17. The molecule has 0 aliphatic carbocycles. The molecule has 3 aromatic rings. The Morgan fingerprint density at radius 2 is 1.47 bits per heavy atom. The monoisotopic (exact) mass is 539 g/mol. The Morgan fingerprint density at radius 3 is 2.03 bits per heavy atom. The summed E-state index contributed by atoms with van der Waals surface area (Å²) in [5.41, 5.74) is 1.09. The molecule has 38 heavy (non-hydrogen) atoms. The highest BCUT2D eigenvalue weighted by atomic mass is 32.2. The third-order valence-corrected chi connectivity index (χ3v) is 7.78. The number of rotatable bonds is 12. The molecule has 0 spiro atoms. The molecule has 0 bridgehead atoms. The minimum Gasteiger partial charge on any atom is -0.354 e. The average molecular weight is 540 g/mol. The maximum absolute atomic E-state index is 13.9. The highest BCUT2D eigenvalue weighted by Crippen LogP contribution is 2.25. The molecule has 0 aliphatic rings. The molecule has 3 rings (SSSR count). The van der Waals surface area contributed by atoms with Gasteiger partial charge in [-0.15, -0.1) is 0 Å². The number of nitrogens with zero attached hydrogens (tertiary/aromatic N) is 2. The Morgan fingerprint density at radius 1 is 0.895 bits per heavy atom. The fourth-order valence-electron chi connectivity index (χ4n) is 3.98. The van der Waals surface area contributed by atoms with E-state index in [9.17, 15) is 22.4 Å². The van der Waals surface area contributed by atoms with Crippen LogP contribution < -0.4 is 9.62 Å². The zero-order valence-corrected chi connectivity index (χ0v) is 22.7. The number of anilines is 1. The summed E-state index contributed by atoms with van der Waals surface area (Å²) in [6.07, 6.45) is 0.346. The van der Waals surface area contributed by atoms with Gasteiger partial charge in [0.1, 0.15) is 18.4 Å².